The van der Waals surface area contributed by atoms with Crippen LogP contribution in [0.3, 0.4) is 0 Å². The van der Waals surface area contributed by atoms with E-state index in [1.807, 2.05) is 0 Å². The summed E-state index contributed by atoms with van der Waals surface area (Å²) in [6.07, 6.45) is 0.435. The van der Waals surface area contributed by atoms with Crippen LogP contribution in [0.4, 0.5) is 0 Å². The molecule has 0 saturated heterocycles. The van der Waals surface area contributed by atoms with Gasteiger partial charge in [0.1, 0.15) is 0 Å². The van der Waals surface area contributed by atoms with E-state index in [1.54, 1.807) is 11.3 Å². The van der Waals surface area contributed by atoms with Crippen LogP contribution in [0.25, 0.3) is 10.1 Å². The van der Waals surface area contributed by atoms with Gasteiger partial charge in [-0.1, -0.05) is 0 Å². The molecule has 0 saturated carbocycles. The van der Waals surface area contributed by atoms with Gasteiger partial charge in [-0.15, -0.1) is 11.3 Å². The van der Waals surface area contributed by atoms with Crippen LogP contribution in [-0.4, -0.2) is 0 Å². The van der Waals surface area contributed by atoms with Crippen molar-refractivity contribution in [1.82, 2.24) is 0 Å². The lowest BCUT2D eigenvalue weighted by molar-refractivity contribution is 1.25. The zero-order chi connectivity index (χ0) is 10.1. The van der Waals surface area contributed by atoms with E-state index in [4.69, 9.17) is 5.26 Å². The van der Waals surface area contributed by atoms with Gasteiger partial charge in [0.15, 0.2) is 0 Å². The van der Waals surface area contributed by atoms with E-state index < -0.39 is 0 Å². The van der Waals surface area contributed by atoms with Crippen molar-refractivity contribution in [1.29, 1.82) is 5.26 Å². The van der Waals surface area contributed by atoms with Crippen molar-refractivity contribution in [2.75, 3.05) is 0 Å². The summed E-state index contributed by atoms with van der Waals surface area (Å²) in [4.78, 5) is 0. The van der Waals surface area contributed by atoms with Crippen LogP contribution in [0, 0.1) is 11.3 Å². The first-order chi connectivity index (χ1) is 6.74. The van der Waals surface area contributed by atoms with E-state index >= 15 is 0 Å². The van der Waals surface area contributed by atoms with Crippen molar-refractivity contribution < 1.29 is 0 Å². The third-order valence-corrected chi connectivity index (χ3v) is 5.41. The van der Waals surface area contributed by atoms with Gasteiger partial charge in [0.2, 0.25) is 0 Å². The van der Waals surface area contributed by atoms with Crippen LogP contribution in [0.1, 0.15) is 5.56 Å². The first-order valence-corrected chi connectivity index (χ1v) is 6.41. The number of benzene rings is 1. The molecule has 0 N–H and O–H groups in total. The Morgan fingerprint density at radius 2 is 2.14 bits per heavy atom. The predicted molar refractivity (Wildman–Crippen MR) is 66.5 cm³/mol. The first-order valence-electron chi connectivity index (χ1n) is 3.95. The average molecular weight is 331 g/mol. The van der Waals surface area contributed by atoms with Crippen molar-refractivity contribution in [3.8, 4) is 6.07 Å². The first kappa shape index (κ1) is 10.2. The molecule has 4 heteroatoms. The lowest BCUT2D eigenvalue weighted by atomic mass is 10.1. The average Bonchev–Trinajstić information content (AvgIpc) is 2.62. The molecule has 70 valence electrons. The van der Waals surface area contributed by atoms with Crippen LogP contribution >= 0.6 is 43.2 Å². The van der Waals surface area contributed by atoms with Gasteiger partial charge in [-0.25, -0.2) is 0 Å². The monoisotopic (exact) mass is 329 g/mol. The SMILES string of the molecule is N#CCc1cc2ccsc2c(Br)c1Br. The molecular formula is C10H5Br2NS. The fraction of sp³-hybridized carbons (Fsp3) is 0.100. The fourth-order valence-corrected chi connectivity index (χ4v) is 3.48. The number of rotatable bonds is 1. The minimum Gasteiger partial charge on any atom is -0.198 e. The third-order valence-electron chi connectivity index (χ3n) is 1.97. The van der Waals surface area contributed by atoms with Gasteiger partial charge in [-0.05, 0) is 60.3 Å². The highest BCUT2D eigenvalue weighted by Gasteiger charge is 2.09. The molecule has 1 aromatic carbocycles. The maximum atomic E-state index is 8.67. The largest absolute Gasteiger partial charge is 0.198 e. The standard InChI is InChI=1S/C10H5Br2NS/c11-8-6(1-3-13)5-7-2-4-14-10(7)9(8)12/h2,4-5H,1H2. The molecule has 0 atom stereocenters. The number of hydrogen-bond acceptors (Lipinski definition) is 2. The van der Waals surface area contributed by atoms with E-state index in [1.165, 1.54) is 10.1 Å². The van der Waals surface area contributed by atoms with Gasteiger partial charge in [-0.3, -0.25) is 0 Å². The number of nitriles is 1. The number of halogens is 2. The van der Waals surface area contributed by atoms with Gasteiger partial charge in [-0.2, -0.15) is 5.26 Å². The van der Waals surface area contributed by atoms with Crippen LogP contribution in [0.2, 0.25) is 0 Å². The smallest absolute Gasteiger partial charge is 0.0670 e. The Kier molecular flexibility index (Phi) is 2.91. The molecular weight excluding hydrogens is 326 g/mol. The number of hydrogen-bond donors (Lipinski definition) is 0. The molecule has 0 aliphatic heterocycles. The van der Waals surface area contributed by atoms with Gasteiger partial charge in [0.05, 0.1) is 12.5 Å². The molecule has 0 unspecified atom stereocenters. The number of nitrogens with zero attached hydrogens (tertiary/aromatic N) is 1. The molecule has 2 aromatic rings. The predicted octanol–water partition coefficient (Wildman–Crippen LogP) is 4.49. The summed E-state index contributed by atoms with van der Waals surface area (Å²) < 4.78 is 3.27. The van der Waals surface area contributed by atoms with Gasteiger partial charge in [0, 0.05) is 13.6 Å². The molecule has 0 spiro atoms. The van der Waals surface area contributed by atoms with E-state index in [-0.39, 0.29) is 0 Å². The molecule has 0 aliphatic rings. The summed E-state index contributed by atoms with van der Waals surface area (Å²) in [5.41, 5.74) is 1.03. The minimum atomic E-state index is 0.435. The van der Waals surface area contributed by atoms with E-state index in [0.29, 0.717) is 6.42 Å². The number of fused-ring (bicyclic) bond motifs is 1. The molecule has 0 fully saturated rings. The van der Waals surface area contributed by atoms with E-state index in [0.717, 1.165) is 14.5 Å². The van der Waals surface area contributed by atoms with Gasteiger partial charge >= 0.3 is 0 Å². The molecule has 0 bridgehead atoms. The van der Waals surface area contributed by atoms with E-state index in [9.17, 15) is 0 Å². The number of thiophene rings is 1. The zero-order valence-corrected chi connectivity index (χ0v) is 11.0. The van der Waals surface area contributed by atoms with Crippen LogP contribution in [0.5, 0.6) is 0 Å². The summed E-state index contributed by atoms with van der Waals surface area (Å²) in [5.74, 6) is 0. The lowest BCUT2D eigenvalue weighted by Gasteiger charge is -2.03. The molecule has 1 nitrogen and oxygen atoms in total. The molecule has 14 heavy (non-hydrogen) atoms. The molecule has 0 radical (unpaired) electrons. The highest BCUT2D eigenvalue weighted by Crippen LogP contribution is 2.37. The quantitative estimate of drug-likeness (QED) is 0.755. The highest BCUT2D eigenvalue weighted by atomic mass is 79.9. The van der Waals surface area contributed by atoms with Crippen LogP contribution in [0.15, 0.2) is 26.5 Å². The third kappa shape index (κ3) is 1.60. The normalized spacial score (nSPS) is 10.4. The second kappa shape index (κ2) is 4.01. The fourth-order valence-electron chi connectivity index (χ4n) is 1.32. The second-order valence-electron chi connectivity index (χ2n) is 2.84. The summed E-state index contributed by atoms with van der Waals surface area (Å²) in [6, 6.07) is 6.29. The molecule has 2 rings (SSSR count). The second-order valence-corrected chi connectivity index (χ2v) is 5.34. The Morgan fingerprint density at radius 1 is 1.36 bits per heavy atom. The van der Waals surface area contributed by atoms with Crippen molar-refractivity contribution in [2.45, 2.75) is 6.42 Å². The highest BCUT2D eigenvalue weighted by molar-refractivity contribution is 9.13. The Balaban J connectivity index is 2.75. The summed E-state index contributed by atoms with van der Waals surface area (Å²) >= 11 is 8.73. The lowest BCUT2D eigenvalue weighted by Crippen LogP contribution is -1.85. The summed E-state index contributed by atoms with van der Waals surface area (Å²) in [5, 5.41) is 11.9. The maximum absolute atomic E-state index is 8.67. The molecule has 0 aliphatic carbocycles. The van der Waals surface area contributed by atoms with Gasteiger partial charge < -0.3 is 0 Å². The summed E-state index contributed by atoms with van der Waals surface area (Å²) in [7, 11) is 0. The van der Waals surface area contributed by atoms with Crippen LogP contribution in [-0.2, 0) is 6.42 Å². The summed E-state index contributed by atoms with van der Waals surface area (Å²) in [6.45, 7) is 0. The van der Waals surface area contributed by atoms with Crippen molar-refractivity contribution in [3.05, 3.63) is 32.0 Å². The molecule has 0 amide bonds. The Labute approximate surface area is 103 Å². The Hall–Kier alpha value is -0.370. The van der Waals surface area contributed by atoms with Gasteiger partial charge in [0.25, 0.3) is 0 Å². The molecule has 1 aromatic heterocycles. The minimum absolute atomic E-state index is 0.435. The zero-order valence-electron chi connectivity index (χ0n) is 7.05. The van der Waals surface area contributed by atoms with Crippen LogP contribution < -0.4 is 0 Å². The Bertz CT molecular complexity index is 525. The van der Waals surface area contributed by atoms with Crippen molar-refractivity contribution >= 4 is 53.3 Å². The van der Waals surface area contributed by atoms with Crippen molar-refractivity contribution in [3.63, 3.8) is 0 Å². The maximum Gasteiger partial charge on any atom is 0.0670 e. The Morgan fingerprint density at radius 3 is 2.86 bits per heavy atom. The topological polar surface area (TPSA) is 23.8 Å². The van der Waals surface area contributed by atoms with Crippen molar-refractivity contribution in [2.24, 2.45) is 0 Å². The molecule has 1 heterocycles. The van der Waals surface area contributed by atoms with E-state index in [2.05, 4.69) is 55.4 Å².